The lowest BCUT2D eigenvalue weighted by atomic mass is 9.90. The van der Waals surface area contributed by atoms with E-state index in [1.807, 2.05) is 0 Å². The third-order valence-electron chi connectivity index (χ3n) is 4.95. The minimum atomic E-state index is -3.26. The molecule has 6 heteroatoms. The number of methoxy groups -OCH3 is 1. The molecule has 1 heterocycles. The standard InChI is InChI=1S/C17H23NO4S/c1-22-15-8-4-3-7-14(15)18-17(19)13-10-11-23(20,21)16-9-5-2-6-12(13)16/h2,5-6,9,13-15H,3-4,7-8,10-11H2,1H3,(H,18,19)/t13-,14-,15+/m0/s1. The molecule has 3 rings (SSSR count). The van der Waals surface area contributed by atoms with E-state index < -0.39 is 15.8 Å². The Morgan fingerprint density at radius 3 is 2.70 bits per heavy atom. The van der Waals surface area contributed by atoms with Crippen LogP contribution in [0.25, 0.3) is 0 Å². The Labute approximate surface area is 137 Å². The first kappa shape index (κ1) is 16.5. The smallest absolute Gasteiger partial charge is 0.227 e. The molecule has 0 unspecified atom stereocenters. The molecule has 0 radical (unpaired) electrons. The van der Waals surface area contributed by atoms with Crippen LogP contribution >= 0.6 is 0 Å². The average Bonchev–Trinajstić information content (AvgIpc) is 2.55. The van der Waals surface area contributed by atoms with E-state index in [9.17, 15) is 13.2 Å². The second-order valence-corrected chi connectivity index (χ2v) is 8.45. The van der Waals surface area contributed by atoms with Crippen LogP contribution in [0.2, 0.25) is 0 Å². The van der Waals surface area contributed by atoms with Gasteiger partial charge in [-0.1, -0.05) is 31.0 Å². The zero-order valence-electron chi connectivity index (χ0n) is 13.3. The van der Waals surface area contributed by atoms with Crippen LogP contribution in [0, 0.1) is 0 Å². The first-order valence-electron chi connectivity index (χ1n) is 8.18. The summed E-state index contributed by atoms with van der Waals surface area (Å²) >= 11 is 0. The number of carbonyl (C=O) groups is 1. The van der Waals surface area contributed by atoms with E-state index in [1.54, 1.807) is 31.4 Å². The van der Waals surface area contributed by atoms with Gasteiger partial charge in [-0.2, -0.15) is 0 Å². The highest BCUT2D eigenvalue weighted by Gasteiger charge is 2.36. The van der Waals surface area contributed by atoms with Crippen molar-refractivity contribution in [3.05, 3.63) is 29.8 Å². The summed E-state index contributed by atoms with van der Waals surface area (Å²) in [4.78, 5) is 13.0. The summed E-state index contributed by atoms with van der Waals surface area (Å²) in [7, 11) is -1.58. The number of amides is 1. The van der Waals surface area contributed by atoms with Crippen molar-refractivity contribution in [1.82, 2.24) is 5.32 Å². The molecule has 1 N–H and O–H groups in total. The Morgan fingerprint density at radius 2 is 1.91 bits per heavy atom. The fourth-order valence-corrected chi connectivity index (χ4v) is 5.31. The summed E-state index contributed by atoms with van der Waals surface area (Å²) < 4.78 is 29.8. The van der Waals surface area contributed by atoms with Crippen LogP contribution in [0.15, 0.2) is 29.2 Å². The third kappa shape index (κ3) is 3.28. The van der Waals surface area contributed by atoms with Gasteiger partial charge in [0.15, 0.2) is 9.84 Å². The first-order chi connectivity index (χ1) is 11.0. The maximum absolute atomic E-state index is 12.7. The molecule has 1 aromatic rings. The van der Waals surface area contributed by atoms with Crippen molar-refractivity contribution in [3.63, 3.8) is 0 Å². The number of sulfone groups is 1. The van der Waals surface area contributed by atoms with Crippen LogP contribution in [-0.4, -0.2) is 39.3 Å². The molecule has 23 heavy (non-hydrogen) atoms. The molecule has 1 amide bonds. The Hall–Kier alpha value is -1.40. The van der Waals surface area contributed by atoms with Crippen molar-refractivity contribution in [2.24, 2.45) is 0 Å². The molecule has 0 aromatic heterocycles. The molecule has 0 bridgehead atoms. The SMILES string of the molecule is CO[C@@H]1CCCC[C@@H]1NC(=O)[C@H]1CCS(=O)(=O)c2ccccc21. The van der Waals surface area contributed by atoms with Crippen LogP contribution in [0.3, 0.4) is 0 Å². The van der Waals surface area contributed by atoms with Gasteiger partial charge in [0.05, 0.1) is 28.7 Å². The highest BCUT2D eigenvalue weighted by atomic mass is 32.2. The Balaban J connectivity index is 1.80. The number of fused-ring (bicyclic) bond motifs is 1. The summed E-state index contributed by atoms with van der Waals surface area (Å²) in [6.07, 6.45) is 4.47. The minimum Gasteiger partial charge on any atom is -0.379 e. The Bertz CT molecular complexity index is 686. The molecule has 3 atom stereocenters. The number of carbonyl (C=O) groups excluding carboxylic acids is 1. The molecule has 0 spiro atoms. The molecule has 5 nitrogen and oxygen atoms in total. The van der Waals surface area contributed by atoms with Crippen molar-refractivity contribution < 1.29 is 17.9 Å². The van der Waals surface area contributed by atoms with Gasteiger partial charge in [0, 0.05) is 7.11 Å². The van der Waals surface area contributed by atoms with E-state index in [0.717, 1.165) is 25.7 Å². The van der Waals surface area contributed by atoms with E-state index in [2.05, 4.69) is 5.32 Å². The van der Waals surface area contributed by atoms with E-state index in [-0.39, 0.29) is 23.8 Å². The van der Waals surface area contributed by atoms with E-state index in [4.69, 9.17) is 4.74 Å². The fraction of sp³-hybridized carbons (Fsp3) is 0.588. The molecule has 1 saturated carbocycles. The van der Waals surface area contributed by atoms with Crippen molar-refractivity contribution in [2.75, 3.05) is 12.9 Å². The number of nitrogens with one attached hydrogen (secondary N) is 1. The van der Waals surface area contributed by atoms with E-state index in [0.29, 0.717) is 16.9 Å². The van der Waals surface area contributed by atoms with Gasteiger partial charge >= 0.3 is 0 Å². The van der Waals surface area contributed by atoms with E-state index in [1.165, 1.54) is 0 Å². The third-order valence-corrected chi connectivity index (χ3v) is 6.77. The summed E-state index contributed by atoms with van der Waals surface area (Å²) in [6, 6.07) is 6.87. The molecular formula is C17H23NO4S. The van der Waals surface area contributed by atoms with Gasteiger partial charge in [-0.3, -0.25) is 4.79 Å². The number of hydrogen-bond donors (Lipinski definition) is 1. The van der Waals surface area contributed by atoms with Gasteiger partial charge < -0.3 is 10.1 Å². The fourth-order valence-electron chi connectivity index (χ4n) is 3.69. The lowest BCUT2D eigenvalue weighted by Crippen LogP contribution is -2.48. The van der Waals surface area contributed by atoms with Crippen LogP contribution in [0.1, 0.15) is 43.6 Å². The molecule has 2 aliphatic rings. The highest BCUT2D eigenvalue weighted by Crippen LogP contribution is 2.34. The van der Waals surface area contributed by atoms with Crippen molar-refractivity contribution in [1.29, 1.82) is 0 Å². The number of ether oxygens (including phenoxy) is 1. The summed E-state index contributed by atoms with van der Waals surface area (Å²) in [5.41, 5.74) is 0.626. The Morgan fingerprint density at radius 1 is 1.17 bits per heavy atom. The van der Waals surface area contributed by atoms with Gasteiger partial charge in [-0.05, 0) is 30.9 Å². The van der Waals surface area contributed by atoms with Gasteiger partial charge in [0.1, 0.15) is 0 Å². The number of hydrogen-bond acceptors (Lipinski definition) is 4. The first-order valence-corrected chi connectivity index (χ1v) is 9.83. The Kier molecular flexibility index (Phi) is 4.73. The van der Waals surface area contributed by atoms with Crippen LogP contribution < -0.4 is 5.32 Å². The normalized spacial score (nSPS) is 29.5. The predicted molar refractivity (Wildman–Crippen MR) is 87.0 cm³/mol. The van der Waals surface area contributed by atoms with Crippen molar-refractivity contribution >= 4 is 15.7 Å². The topological polar surface area (TPSA) is 72.5 Å². The lowest BCUT2D eigenvalue weighted by Gasteiger charge is -2.33. The molecule has 1 aliphatic carbocycles. The second-order valence-electron chi connectivity index (χ2n) is 6.37. The molecule has 1 fully saturated rings. The molecule has 1 aromatic carbocycles. The van der Waals surface area contributed by atoms with Gasteiger partial charge in [-0.15, -0.1) is 0 Å². The summed E-state index contributed by atoms with van der Waals surface area (Å²) in [5.74, 6) is -0.448. The maximum atomic E-state index is 12.7. The van der Waals surface area contributed by atoms with Crippen molar-refractivity contribution in [3.8, 4) is 0 Å². The monoisotopic (exact) mass is 337 g/mol. The highest BCUT2D eigenvalue weighted by molar-refractivity contribution is 7.91. The molecule has 0 saturated heterocycles. The largest absolute Gasteiger partial charge is 0.379 e. The molecule has 1 aliphatic heterocycles. The summed E-state index contributed by atoms with van der Waals surface area (Å²) in [6.45, 7) is 0. The van der Waals surface area contributed by atoms with Crippen LogP contribution in [0.4, 0.5) is 0 Å². The van der Waals surface area contributed by atoms with Gasteiger partial charge in [-0.25, -0.2) is 8.42 Å². The number of rotatable bonds is 3. The molecular weight excluding hydrogens is 314 g/mol. The lowest BCUT2D eigenvalue weighted by molar-refractivity contribution is -0.124. The second kappa shape index (κ2) is 6.61. The van der Waals surface area contributed by atoms with Crippen LogP contribution in [-0.2, 0) is 19.4 Å². The van der Waals surface area contributed by atoms with Gasteiger partial charge in [0.2, 0.25) is 5.91 Å². The quantitative estimate of drug-likeness (QED) is 0.916. The van der Waals surface area contributed by atoms with Crippen LogP contribution in [0.5, 0.6) is 0 Å². The van der Waals surface area contributed by atoms with Gasteiger partial charge in [0.25, 0.3) is 0 Å². The van der Waals surface area contributed by atoms with E-state index >= 15 is 0 Å². The minimum absolute atomic E-state index is 0.0203. The number of benzene rings is 1. The predicted octanol–water partition coefficient (Wildman–Crippen LogP) is 2.02. The average molecular weight is 337 g/mol. The summed E-state index contributed by atoms with van der Waals surface area (Å²) in [5, 5.41) is 3.10. The zero-order chi connectivity index (χ0) is 16.4. The molecule has 126 valence electrons. The maximum Gasteiger partial charge on any atom is 0.227 e. The zero-order valence-corrected chi connectivity index (χ0v) is 14.1. The van der Waals surface area contributed by atoms with Crippen molar-refractivity contribution in [2.45, 2.75) is 55.1 Å².